The molecule has 5 nitrogen and oxygen atoms in total. The first-order chi connectivity index (χ1) is 13.0. The first-order valence-electron chi connectivity index (χ1n) is 8.76. The topological polar surface area (TPSA) is 80.7 Å². The summed E-state index contributed by atoms with van der Waals surface area (Å²) in [6.45, 7) is 6.21. The number of dihydropyridines is 1. The van der Waals surface area contributed by atoms with Gasteiger partial charge in [-0.05, 0) is 37.1 Å². The van der Waals surface area contributed by atoms with Gasteiger partial charge in [0.25, 0.3) is 0 Å². The van der Waals surface area contributed by atoms with Gasteiger partial charge < -0.3 is 15.6 Å². The highest BCUT2D eigenvalue weighted by atomic mass is 19.1. The summed E-state index contributed by atoms with van der Waals surface area (Å²) in [6, 6.07) is 3.59. The summed E-state index contributed by atoms with van der Waals surface area (Å²) in [6.07, 6.45) is 5.15. The Bertz CT molecular complexity index is 867. The highest BCUT2D eigenvalue weighted by Crippen LogP contribution is 2.33. The number of anilines is 1. The van der Waals surface area contributed by atoms with Crippen LogP contribution in [-0.4, -0.2) is 22.8 Å². The Morgan fingerprint density at radius 3 is 2.67 bits per heavy atom. The maximum Gasteiger partial charge on any atom is 0.174 e. The van der Waals surface area contributed by atoms with Crippen molar-refractivity contribution in [3.05, 3.63) is 53.2 Å². The number of aromatic nitrogens is 1. The minimum atomic E-state index is -1.06. The lowest BCUT2D eigenvalue weighted by molar-refractivity contribution is 0.214. The fourth-order valence-corrected chi connectivity index (χ4v) is 2.59. The van der Waals surface area contributed by atoms with Crippen LogP contribution < -0.4 is 10.5 Å². The number of allylic oxidation sites excluding steroid dienone is 1. The fourth-order valence-electron chi connectivity index (χ4n) is 2.59. The summed E-state index contributed by atoms with van der Waals surface area (Å²) in [5.74, 6) is -2.21. The second-order valence-corrected chi connectivity index (χ2v) is 5.65. The molecule has 1 aliphatic heterocycles. The SMILES string of the molecule is CC.CC(Oc1cc(C2=CCCN=C2)cnc1N)c1c(F)ccc(O)c1F. The van der Waals surface area contributed by atoms with Crippen molar-refractivity contribution in [2.45, 2.75) is 33.3 Å². The van der Waals surface area contributed by atoms with Gasteiger partial charge in [0.2, 0.25) is 0 Å². The quantitative estimate of drug-likeness (QED) is 0.814. The number of nitrogen functional groups attached to an aromatic ring is 1. The van der Waals surface area contributed by atoms with Crippen LogP contribution in [0.1, 0.15) is 44.4 Å². The van der Waals surface area contributed by atoms with Gasteiger partial charge in [-0.2, -0.15) is 0 Å². The predicted octanol–water partition coefficient (Wildman–Crippen LogP) is 4.67. The minimum absolute atomic E-state index is 0.102. The molecular weight excluding hydrogens is 352 g/mol. The molecule has 27 heavy (non-hydrogen) atoms. The van der Waals surface area contributed by atoms with Gasteiger partial charge in [-0.3, -0.25) is 4.99 Å². The highest BCUT2D eigenvalue weighted by Gasteiger charge is 2.22. The molecule has 2 aromatic rings. The molecule has 0 amide bonds. The Labute approximate surface area is 157 Å². The molecule has 1 aromatic carbocycles. The predicted molar refractivity (Wildman–Crippen MR) is 103 cm³/mol. The lowest BCUT2D eigenvalue weighted by Crippen LogP contribution is -2.10. The molecule has 0 aliphatic carbocycles. The van der Waals surface area contributed by atoms with Crippen LogP contribution in [0, 0.1) is 11.6 Å². The number of hydrogen-bond donors (Lipinski definition) is 2. The van der Waals surface area contributed by atoms with Gasteiger partial charge in [-0.1, -0.05) is 19.9 Å². The van der Waals surface area contributed by atoms with Gasteiger partial charge in [0.1, 0.15) is 11.9 Å². The minimum Gasteiger partial charge on any atom is -0.505 e. The lowest BCUT2D eigenvalue weighted by Gasteiger charge is -2.18. The van der Waals surface area contributed by atoms with E-state index in [-0.39, 0.29) is 17.1 Å². The standard InChI is InChI=1S/C18H17F2N3O2.C2H6/c1-10(16-13(19)4-5-14(24)17(16)20)25-15-7-12(9-23-18(15)21)11-3-2-6-22-8-11;1-2/h3-5,7-10,24H,2,6H2,1H3,(H2,21,23);1-2H3. The maximum absolute atomic E-state index is 14.0. The largest absolute Gasteiger partial charge is 0.505 e. The van der Waals surface area contributed by atoms with Crippen LogP contribution in [-0.2, 0) is 0 Å². The number of pyridine rings is 1. The Morgan fingerprint density at radius 1 is 1.26 bits per heavy atom. The fraction of sp³-hybridized carbons (Fsp3) is 0.300. The number of aliphatic imine (C=N–C) groups is 1. The summed E-state index contributed by atoms with van der Waals surface area (Å²) < 4.78 is 33.6. The first-order valence-corrected chi connectivity index (χ1v) is 8.76. The first kappa shape index (κ1) is 20.4. The lowest BCUT2D eigenvalue weighted by atomic mass is 10.1. The second kappa shape index (κ2) is 9.12. The number of rotatable bonds is 4. The van der Waals surface area contributed by atoms with E-state index in [2.05, 4.69) is 9.98 Å². The third-order valence-electron chi connectivity index (χ3n) is 3.88. The Balaban J connectivity index is 0.00000126. The zero-order valence-corrected chi connectivity index (χ0v) is 15.5. The van der Waals surface area contributed by atoms with Gasteiger partial charge >= 0.3 is 0 Å². The van der Waals surface area contributed by atoms with Crippen LogP contribution in [0.25, 0.3) is 5.57 Å². The summed E-state index contributed by atoms with van der Waals surface area (Å²) in [5, 5.41) is 9.45. The Morgan fingerprint density at radius 2 is 2.00 bits per heavy atom. The zero-order valence-electron chi connectivity index (χ0n) is 15.5. The molecule has 0 fully saturated rings. The van der Waals surface area contributed by atoms with Crippen LogP contribution >= 0.6 is 0 Å². The van der Waals surface area contributed by atoms with E-state index in [1.807, 2.05) is 19.9 Å². The molecule has 3 N–H and O–H groups in total. The van der Waals surface area contributed by atoms with Crippen molar-refractivity contribution in [1.82, 2.24) is 4.98 Å². The van der Waals surface area contributed by atoms with Crippen LogP contribution in [0.3, 0.4) is 0 Å². The van der Waals surface area contributed by atoms with Crippen molar-refractivity contribution in [1.29, 1.82) is 0 Å². The third kappa shape index (κ3) is 4.61. The van der Waals surface area contributed by atoms with E-state index in [1.54, 1.807) is 18.5 Å². The zero-order chi connectivity index (χ0) is 20.0. The number of hydrogen-bond acceptors (Lipinski definition) is 5. The van der Waals surface area contributed by atoms with Crippen LogP contribution in [0.15, 0.2) is 35.5 Å². The van der Waals surface area contributed by atoms with E-state index in [0.29, 0.717) is 0 Å². The molecule has 0 spiro atoms. The molecule has 3 rings (SSSR count). The van der Waals surface area contributed by atoms with E-state index in [0.717, 1.165) is 36.2 Å². The van der Waals surface area contributed by atoms with Crippen LogP contribution in [0.2, 0.25) is 0 Å². The molecule has 144 valence electrons. The van der Waals surface area contributed by atoms with Gasteiger partial charge in [-0.25, -0.2) is 13.8 Å². The van der Waals surface area contributed by atoms with Crippen molar-refractivity contribution in [2.24, 2.45) is 4.99 Å². The summed E-state index contributed by atoms with van der Waals surface area (Å²) in [7, 11) is 0. The van der Waals surface area contributed by atoms with Crippen LogP contribution in [0.4, 0.5) is 14.6 Å². The van der Waals surface area contributed by atoms with E-state index in [4.69, 9.17) is 10.5 Å². The van der Waals surface area contributed by atoms with Gasteiger partial charge in [0.15, 0.2) is 23.1 Å². The molecule has 1 aliphatic rings. The Kier molecular flexibility index (Phi) is 6.87. The summed E-state index contributed by atoms with van der Waals surface area (Å²) >= 11 is 0. The number of aromatic hydroxyl groups is 1. The van der Waals surface area contributed by atoms with Crippen molar-refractivity contribution >= 4 is 17.6 Å². The number of phenols is 1. The molecular formula is C20H23F2N3O2. The Hall–Kier alpha value is -2.96. The molecule has 1 aromatic heterocycles. The molecule has 0 saturated heterocycles. The van der Waals surface area contributed by atoms with E-state index < -0.39 is 23.5 Å². The highest BCUT2D eigenvalue weighted by molar-refractivity contribution is 6.10. The smallest absolute Gasteiger partial charge is 0.174 e. The second-order valence-electron chi connectivity index (χ2n) is 5.65. The average Bonchev–Trinajstić information content (AvgIpc) is 2.69. The molecule has 0 bridgehead atoms. The molecule has 0 radical (unpaired) electrons. The van der Waals surface area contributed by atoms with E-state index in [1.165, 1.54) is 6.92 Å². The number of nitrogens with two attached hydrogens (primary N) is 1. The van der Waals surface area contributed by atoms with Crippen molar-refractivity contribution in [3.63, 3.8) is 0 Å². The number of halogens is 2. The number of phenolic OH excluding ortho intramolecular Hbond substituents is 1. The maximum atomic E-state index is 14.0. The number of benzene rings is 1. The molecule has 7 heteroatoms. The van der Waals surface area contributed by atoms with Crippen LogP contribution in [0.5, 0.6) is 11.5 Å². The summed E-state index contributed by atoms with van der Waals surface area (Å²) in [5.41, 5.74) is 7.08. The third-order valence-corrected chi connectivity index (χ3v) is 3.88. The van der Waals surface area contributed by atoms with Gasteiger partial charge in [0, 0.05) is 24.5 Å². The molecule has 1 unspecified atom stereocenters. The average molecular weight is 375 g/mol. The molecule has 2 heterocycles. The number of ether oxygens (including phenoxy) is 1. The van der Waals surface area contributed by atoms with Crippen molar-refractivity contribution in [3.8, 4) is 11.5 Å². The molecule has 1 atom stereocenters. The monoisotopic (exact) mass is 375 g/mol. The molecule has 0 saturated carbocycles. The summed E-state index contributed by atoms with van der Waals surface area (Å²) in [4.78, 5) is 8.29. The van der Waals surface area contributed by atoms with Gasteiger partial charge in [-0.15, -0.1) is 0 Å². The van der Waals surface area contributed by atoms with Crippen molar-refractivity contribution < 1.29 is 18.6 Å². The van der Waals surface area contributed by atoms with E-state index >= 15 is 0 Å². The van der Waals surface area contributed by atoms with Crippen molar-refractivity contribution in [2.75, 3.05) is 12.3 Å². The number of nitrogens with zero attached hydrogens (tertiary/aromatic N) is 2. The van der Waals surface area contributed by atoms with Gasteiger partial charge in [0.05, 0.1) is 5.56 Å². The van der Waals surface area contributed by atoms with E-state index in [9.17, 15) is 13.9 Å². The normalized spacial score (nSPS) is 14.0.